The fourth-order valence-electron chi connectivity index (χ4n) is 1.78. The van der Waals surface area contributed by atoms with Crippen molar-refractivity contribution in [2.24, 2.45) is 0 Å². The molecule has 1 unspecified atom stereocenters. The van der Waals surface area contributed by atoms with E-state index in [9.17, 15) is 9.90 Å². The first kappa shape index (κ1) is 13.6. The average Bonchev–Trinajstić information content (AvgIpc) is 2.40. The van der Waals surface area contributed by atoms with Gasteiger partial charge in [-0.05, 0) is 12.1 Å². The van der Waals surface area contributed by atoms with Crippen LogP contribution in [0.3, 0.4) is 0 Å². The molecule has 0 radical (unpaired) electrons. The fraction of sp³-hybridized carbons (Fsp3) is 0.462. The monoisotopic (exact) mass is 262 g/mol. The molecule has 0 aliphatic carbocycles. The highest BCUT2D eigenvalue weighted by Crippen LogP contribution is 2.03. The number of nitrogens with zero attached hydrogens (tertiary/aromatic N) is 3. The summed E-state index contributed by atoms with van der Waals surface area (Å²) in [5, 5.41) is 21.3. The van der Waals surface area contributed by atoms with Crippen LogP contribution in [0.4, 0.5) is 0 Å². The lowest BCUT2D eigenvalue weighted by molar-refractivity contribution is 0.141. The van der Waals surface area contributed by atoms with Crippen molar-refractivity contribution >= 4 is 10.9 Å². The van der Waals surface area contributed by atoms with Crippen molar-refractivity contribution in [1.82, 2.24) is 20.3 Å². The Balaban J connectivity index is 2.17. The molecule has 0 saturated carbocycles. The fourth-order valence-corrected chi connectivity index (χ4v) is 1.78. The van der Waals surface area contributed by atoms with E-state index in [1.54, 1.807) is 18.2 Å². The molecule has 0 saturated heterocycles. The van der Waals surface area contributed by atoms with Crippen molar-refractivity contribution in [2.45, 2.75) is 32.5 Å². The van der Waals surface area contributed by atoms with E-state index in [4.69, 9.17) is 0 Å². The van der Waals surface area contributed by atoms with Gasteiger partial charge in [0.1, 0.15) is 5.52 Å². The third-order valence-electron chi connectivity index (χ3n) is 2.77. The molecule has 0 bridgehead atoms. The van der Waals surface area contributed by atoms with Crippen LogP contribution in [-0.4, -0.2) is 38.8 Å². The molecule has 2 rings (SSSR count). The molecule has 0 aliphatic heterocycles. The molecule has 102 valence electrons. The molecule has 2 aromatic rings. The predicted octanol–water partition coefficient (Wildman–Crippen LogP) is 0.150. The molecule has 1 aromatic carbocycles. The molecule has 6 nitrogen and oxygen atoms in total. The number of hydrogen-bond donors (Lipinski definition) is 2. The van der Waals surface area contributed by atoms with Gasteiger partial charge in [-0.3, -0.25) is 4.79 Å². The summed E-state index contributed by atoms with van der Waals surface area (Å²) in [6.45, 7) is 4.54. The molecule has 0 spiro atoms. The minimum Gasteiger partial charge on any atom is -0.390 e. The zero-order valence-corrected chi connectivity index (χ0v) is 11.1. The van der Waals surface area contributed by atoms with Gasteiger partial charge in [0.25, 0.3) is 5.56 Å². The Bertz CT molecular complexity index is 609. The molecule has 1 heterocycles. The quantitative estimate of drug-likeness (QED) is 0.802. The van der Waals surface area contributed by atoms with E-state index in [-0.39, 0.29) is 18.1 Å². The lowest BCUT2D eigenvalue weighted by Crippen LogP contribution is -2.37. The van der Waals surface area contributed by atoms with Gasteiger partial charge < -0.3 is 10.4 Å². The van der Waals surface area contributed by atoms with Crippen LogP contribution in [0.5, 0.6) is 0 Å². The van der Waals surface area contributed by atoms with Crippen molar-refractivity contribution < 1.29 is 5.11 Å². The lowest BCUT2D eigenvalue weighted by atomic mass is 10.2. The van der Waals surface area contributed by atoms with Crippen molar-refractivity contribution in [3.8, 4) is 0 Å². The SMILES string of the molecule is CC(C)NCC(O)Cn1nnc2ccccc2c1=O. The summed E-state index contributed by atoms with van der Waals surface area (Å²) in [5.41, 5.74) is 0.341. The summed E-state index contributed by atoms with van der Waals surface area (Å²) in [6, 6.07) is 7.33. The van der Waals surface area contributed by atoms with Gasteiger partial charge in [-0.15, -0.1) is 5.10 Å². The van der Waals surface area contributed by atoms with E-state index in [0.29, 0.717) is 17.4 Å². The number of aliphatic hydroxyl groups is 1. The molecule has 2 N–H and O–H groups in total. The molecular formula is C13H18N4O2. The summed E-state index contributed by atoms with van der Waals surface area (Å²) < 4.78 is 1.20. The van der Waals surface area contributed by atoms with E-state index in [1.807, 2.05) is 19.9 Å². The minimum absolute atomic E-state index is 0.135. The van der Waals surface area contributed by atoms with Gasteiger partial charge in [0, 0.05) is 12.6 Å². The average molecular weight is 262 g/mol. The maximum absolute atomic E-state index is 12.1. The Morgan fingerprint density at radius 2 is 2.11 bits per heavy atom. The molecular weight excluding hydrogens is 244 g/mol. The third-order valence-corrected chi connectivity index (χ3v) is 2.77. The van der Waals surface area contributed by atoms with Gasteiger partial charge in [-0.1, -0.05) is 31.2 Å². The second-order valence-electron chi connectivity index (χ2n) is 4.81. The highest BCUT2D eigenvalue weighted by atomic mass is 16.3. The third kappa shape index (κ3) is 3.36. The van der Waals surface area contributed by atoms with Gasteiger partial charge in [0.05, 0.1) is 18.0 Å². The summed E-state index contributed by atoms with van der Waals surface area (Å²) in [6.07, 6.45) is -0.671. The van der Waals surface area contributed by atoms with Crippen LogP contribution < -0.4 is 10.9 Å². The van der Waals surface area contributed by atoms with Crippen LogP contribution in [0.25, 0.3) is 10.9 Å². The van der Waals surface area contributed by atoms with Gasteiger partial charge in [0.15, 0.2) is 0 Å². The number of rotatable bonds is 5. The van der Waals surface area contributed by atoms with Gasteiger partial charge in [0.2, 0.25) is 0 Å². The smallest absolute Gasteiger partial charge is 0.277 e. The molecule has 0 aliphatic rings. The van der Waals surface area contributed by atoms with Gasteiger partial charge in [-0.2, -0.15) is 0 Å². The van der Waals surface area contributed by atoms with E-state index < -0.39 is 6.10 Å². The second-order valence-corrected chi connectivity index (χ2v) is 4.81. The second kappa shape index (κ2) is 5.90. The largest absolute Gasteiger partial charge is 0.390 e. The van der Waals surface area contributed by atoms with Crippen LogP contribution in [0.2, 0.25) is 0 Å². The van der Waals surface area contributed by atoms with Crippen molar-refractivity contribution in [2.75, 3.05) is 6.54 Å². The Morgan fingerprint density at radius 3 is 2.84 bits per heavy atom. The first-order valence-corrected chi connectivity index (χ1v) is 6.32. The van der Waals surface area contributed by atoms with E-state index in [2.05, 4.69) is 15.6 Å². The highest BCUT2D eigenvalue weighted by molar-refractivity contribution is 5.76. The Morgan fingerprint density at radius 1 is 1.37 bits per heavy atom. The topological polar surface area (TPSA) is 80.0 Å². The van der Waals surface area contributed by atoms with Crippen LogP contribution in [0.1, 0.15) is 13.8 Å². The van der Waals surface area contributed by atoms with Gasteiger partial charge >= 0.3 is 0 Å². The minimum atomic E-state index is -0.671. The Kier molecular flexibility index (Phi) is 4.24. The summed E-state index contributed by atoms with van der Waals surface area (Å²) in [7, 11) is 0. The molecule has 1 aromatic heterocycles. The predicted molar refractivity (Wildman–Crippen MR) is 72.9 cm³/mol. The van der Waals surface area contributed by atoms with E-state index in [1.165, 1.54) is 4.68 Å². The number of fused-ring (bicyclic) bond motifs is 1. The zero-order valence-electron chi connectivity index (χ0n) is 11.1. The Labute approximate surface area is 111 Å². The maximum atomic E-state index is 12.1. The van der Waals surface area contributed by atoms with Crippen molar-refractivity contribution in [1.29, 1.82) is 0 Å². The summed E-state index contributed by atoms with van der Waals surface area (Å²) in [4.78, 5) is 12.1. The number of aliphatic hydroxyl groups excluding tert-OH is 1. The number of hydrogen-bond acceptors (Lipinski definition) is 5. The molecule has 6 heteroatoms. The Hall–Kier alpha value is -1.79. The maximum Gasteiger partial charge on any atom is 0.277 e. The van der Waals surface area contributed by atoms with Crippen LogP contribution in [0.15, 0.2) is 29.1 Å². The first-order valence-electron chi connectivity index (χ1n) is 6.32. The lowest BCUT2D eigenvalue weighted by Gasteiger charge is -2.14. The van der Waals surface area contributed by atoms with Crippen LogP contribution >= 0.6 is 0 Å². The molecule has 0 fully saturated rings. The number of benzene rings is 1. The summed E-state index contributed by atoms with van der Waals surface area (Å²) in [5.74, 6) is 0. The van der Waals surface area contributed by atoms with E-state index >= 15 is 0 Å². The normalized spacial score (nSPS) is 13.1. The molecule has 19 heavy (non-hydrogen) atoms. The molecule has 1 atom stereocenters. The number of nitrogens with one attached hydrogen (secondary N) is 1. The van der Waals surface area contributed by atoms with Crippen molar-refractivity contribution in [3.05, 3.63) is 34.6 Å². The zero-order chi connectivity index (χ0) is 13.8. The van der Waals surface area contributed by atoms with Gasteiger partial charge in [-0.25, -0.2) is 4.68 Å². The van der Waals surface area contributed by atoms with Crippen molar-refractivity contribution in [3.63, 3.8) is 0 Å². The molecule has 0 amide bonds. The standard InChI is InChI=1S/C13H18N4O2/c1-9(2)14-7-10(18)8-17-13(19)11-5-3-4-6-12(11)15-16-17/h3-6,9-10,14,18H,7-8H2,1-2H3. The number of aromatic nitrogens is 3. The summed E-state index contributed by atoms with van der Waals surface area (Å²) >= 11 is 0. The first-order chi connectivity index (χ1) is 9.08. The van der Waals surface area contributed by atoms with Crippen LogP contribution in [0, 0.1) is 0 Å². The highest BCUT2D eigenvalue weighted by Gasteiger charge is 2.10. The van der Waals surface area contributed by atoms with Crippen LogP contribution in [-0.2, 0) is 6.54 Å². The van der Waals surface area contributed by atoms with E-state index in [0.717, 1.165) is 0 Å².